The lowest BCUT2D eigenvalue weighted by molar-refractivity contribution is -0.140. The molecule has 0 saturated carbocycles. The summed E-state index contributed by atoms with van der Waals surface area (Å²) < 4.78 is 5.09. The van der Waals surface area contributed by atoms with E-state index in [2.05, 4.69) is 0 Å². The predicted molar refractivity (Wildman–Crippen MR) is 82.7 cm³/mol. The second-order valence-corrected chi connectivity index (χ2v) is 5.98. The van der Waals surface area contributed by atoms with Gasteiger partial charge in [0.2, 0.25) is 0 Å². The van der Waals surface area contributed by atoms with Gasteiger partial charge >= 0.3 is 5.97 Å². The molecule has 1 aliphatic heterocycles. The smallest absolute Gasteiger partial charge is 0.342 e. The number of phenols is 1. The summed E-state index contributed by atoms with van der Waals surface area (Å²) >= 11 is 0. The monoisotopic (exact) mass is 305 g/mol. The number of esters is 1. The standard InChI is InChI=1S/C17H23NO4/c1-11-6-4-9-14(16(11)20)17(21)22-10-15(19)18-12(2)7-5-8-13(18)3/h4,6,9,12-13,20H,5,7-8,10H2,1-3H3/t12-,13-/m0/s1. The summed E-state index contributed by atoms with van der Waals surface area (Å²) in [5.74, 6) is -0.952. The number of carbonyl (C=O) groups is 2. The van der Waals surface area contributed by atoms with E-state index in [0.29, 0.717) is 5.56 Å². The van der Waals surface area contributed by atoms with Gasteiger partial charge in [0.05, 0.1) is 0 Å². The summed E-state index contributed by atoms with van der Waals surface area (Å²) in [5, 5.41) is 9.87. The molecule has 0 spiro atoms. The van der Waals surface area contributed by atoms with Crippen LogP contribution in [0.15, 0.2) is 18.2 Å². The zero-order valence-corrected chi connectivity index (χ0v) is 13.3. The van der Waals surface area contributed by atoms with Crippen LogP contribution in [0.1, 0.15) is 49.0 Å². The van der Waals surface area contributed by atoms with Crippen LogP contribution in [0.3, 0.4) is 0 Å². The van der Waals surface area contributed by atoms with E-state index in [0.717, 1.165) is 19.3 Å². The van der Waals surface area contributed by atoms with Gasteiger partial charge in [0, 0.05) is 12.1 Å². The number of hydrogen-bond donors (Lipinski definition) is 1. The number of phenolic OH excluding ortho intramolecular Hbond substituents is 1. The Morgan fingerprint density at radius 3 is 2.55 bits per heavy atom. The summed E-state index contributed by atoms with van der Waals surface area (Å²) in [7, 11) is 0. The number of benzene rings is 1. The van der Waals surface area contributed by atoms with E-state index in [4.69, 9.17) is 4.74 Å². The molecule has 120 valence electrons. The number of amides is 1. The third-order valence-corrected chi connectivity index (χ3v) is 4.27. The van der Waals surface area contributed by atoms with Gasteiger partial charge in [-0.1, -0.05) is 12.1 Å². The third-order valence-electron chi connectivity index (χ3n) is 4.27. The number of piperidine rings is 1. The quantitative estimate of drug-likeness (QED) is 0.872. The molecule has 22 heavy (non-hydrogen) atoms. The molecule has 0 aromatic heterocycles. The van der Waals surface area contributed by atoms with Gasteiger partial charge < -0.3 is 14.7 Å². The van der Waals surface area contributed by atoms with Crippen LogP contribution in [0.25, 0.3) is 0 Å². The van der Waals surface area contributed by atoms with Gasteiger partial charge in [-0.15, -0.1) is 0 Å². The average Bonchev–Trinajstić information content (AvgIpc) is 2.47. The average molecular weight is 305 g/mol. The fourth-order valence-electron chi connectivity index (χ4n) is 3.02. The molecule has 1 aromatic rings. The first-order valence-electron chi connectivity index (χ1n) is 7.68. The number of nitrogens with zero attached hydrogens (tertiary/aromatic N) is 1. The van der Waals surface area contributed by atoms with Gasteiger partial charge in [-0.25, -0.2) is 4.79 Å². The molecule has 2 atom stereocenters. The van der Waals surface area contributed by atoms with Crippen molar-refractivity contribution in [1.29, 1.82) is 0 Å². The number of aryl methyl sites for hydroxylation is 1. The lowest BCUT2D eigenvalue weighted by atomic mass is 9.97. The maximum atomic E-state index is 12.3. The maximum Gasteiger partial charge on any atom is 0.342 e. The Kier molecular flexibility index (Phi) is 5.06. The lowest BCUT2D eigenvalue weighted by Gasteiger charge is -2.38. The molecule has 1 N–H and O–H groups in total. The molecule has 1 heterocycles. The SMILES string of the molecule is Cc1cccc(C(=O)OCC(=O)N2[C@@H](C)CCC[C@@H]2C)c1O. The first kappa shape index (κ1) is 16.3. The third kappa shape index (κ3) is 3.40. The van der Waals surface area contributed by atoms with Crippen LogP contribution in [0, 0.1) is 6.92 Å². The van der Waals surface area contributed by atoms with E-state index < -0.39 is 5.97 Å². The molecule has 1 saturated heterocycles. The number of hydrogen-bond acceptors (Lipinski definition) is 4. The number of aromatic hydroxyl groups is 1. The summed E-state index contributed by atoms with van der Waals surface area (Å²) in [6.07, 6.45) is 3.06. The first-order valence-corrected chi connectivity index (χ1v) is 7.68. The molecule has 5 nitrogen and oxygen atoms in total. The maximum absolute atomic E-state index is 12.3. The van der Waals surface area contributed by atoms with Crippen molar-refractivity contribution in [1.82, 2.24) is 4.90 Å². The van der Waals surface area contributed by atoms with E-state index in [1.165, 1.54) is 6.07 Å². The summed E-state index contributed by atoms with van der Waals surface area (Å²) in [5.41, 5.74) is 0.687. The van der Waals surface area contributed by atoms with E-state index in [-0.39, 0.29) is 35.9 Å². The summed E-state index contributed by atoms with van der Waals surface area (Å²) in [6, 6.07) is 5.20. The van der Waals surface area contributed by atoms with Crippen molar-refractivity contribution in [3.8, 4) is 5.75 Å². The van der Waals surface area contributed by atoms with Crippen molar-refractivity contribution in [3.05, 3.63) is 29.3 Å². The van der Waals surface area contributed by atoms with E-state index in [1.807, 2.05) is 13.8 Å². The Balaban J connectivity index is 1.98. The zero-order valence-electron chi connectivity index (χ0n) is 13.3. The highest BCUT2D eigenvalue weighted by atomic mass is 16.5. The van der Waals surface area contributed by atoms with Gasteiger partial charge in [0.15, 0.2) is 6.61 Å². The molecule has 2 rings (SSSR count). The normalized spacial score (nSPS) is 21.5. The Morgan fingerprint density at radius 2 is 1.91 bits per heavy atom. The highest BCUT2D eigenvalue weighted by Crippen LogP contribution is 2.24. The van der Waals surface area contributed by atoms with Crippen molar-refractivity contribution < 1.29 is 19.4 Å². The van der Waals surface area contributed by atoms with Gasteiger partial charge in [0.25, 0.3) is 5.91 Å². The predicted octanol–water partition coefficient (Wildman–Crippen LogP) is 2.65. The molecule has 1 aromatic carbocycles. The minimum absolute atomic E-state index is 0.0903. The summed E-state index contributed by atoms with van der Waals surface area (Å²) in [4.78, 5) is 26.1. The van der Waals surface area contributed by atoms with Crippen molar-refractivity contribution in [3.63, 3.8) is 0 Å². The van der Waals surface area contributed by atoms with Crippen LogP contribution < -0.4 is 0 Å². The molecule has 0 bridgehead atoms. The van der Waals surface area contributed by atoms with Gasteiger partial charge in [-0.05, 0) is 51.7 Å². The zero-order chi connectivity index (χ0) is 16.3. The minimum atomic E-state index is -0.674. The van der Waals surface area contributed by atoms with E-state index >= 15 is 0 Å². The Hall–Kier alpha value is -2.04. The summed E-state index contributed by atoms with van der Waals surface area (Å²) in [6.45, 7) is 5.44. The van der Waals surface area contributed by atoms with Crippen LogP contribution in [0.4, 0.5) is 0 Å². The van der Waals surface area contributed by atoms with Crippen LogP contribution in [0.5, 0.6) is 5.75 Å². The van der Waals surface area contributed by atoms with Crippen LogP contribution in [0.2, 0.25) is 0 Å². The van der Waals surface area contributed by atoms with Crippen molar-refractivity contribution in [2.45, 2.75) is 52.1 Å². The largest absolute Gasteiger partial charge is 0.507 e. The van der Waals surface area contributed by atoms with Crippen molar-refractivity contribution in [2.24, 2.45) is 0 Å². The highest BCUT2D eigenvalue weighted by Gasteiger charge is 2.29. The topological polar surface area (TPSA) is 66.8 Å². The molecule has 0 unspecified atom stereocenters. The molecule has 1 aliphatic rings. The Morgan fingerprint density at radius 1 is 1.27 bits per heavy atom. The Bertz CT molecular complexity index is 560. The molecular formula is C17H23NO4. The second kappa shape index (κ2) is 6.81. The highest BCUT2D eigenvalue weighted by molar-refractivity contribution is 5.94. The van der Waals surface area contributed by atoms with Crippen LogP contribution in [-0.4, -0.2) is 40.6 Å². The number of carbonyl (C=O) groups excluding carboxylic acids is 2. The van der Waals surface area contributed by atoms with Gasteiger partial charge in [-0.2, -0.15) is 0 Å². The van der Waals surface area contributed by atoms with Crippen molar-refractivity contribution in [2.75, 3.05) is 6.61 Å². The molecular weight excluding hydrogens is 282 g/mol. The lowest BCUT2D eigenvalue weighted by Crippen LogP contribution is -2.49. The number of ether oxygens (including phenoxy) is 1. The fraction of sp³-hybridized carbons (Fsp3) is 0.529. The number of likely N-dealkylation sites (tertiary alicyclic amines) is 1. The van der Waals surface area contributed by atoms with Gasteiger partial charge in [-0.3, -0.25) is 4.79 Å². The second-order valence-electron chi connectivity index (χ2n) is 5.98. The van der Waals surface area contributed by atoms with Crippen LogP contribution >= 0.6 is 0 Å². The first-order chi connectivity index (χ1) is 10.4. The Labute approximate surface area is 130 Å². The molecule has 0 radical (unpaired) electrons. The van der Waals surface area contributed by atoms with Crippen LogP contribution in [-0.2, 0) is 9.53 Å². The van der Waals surface area contributed by atoms with Gasteiger partial charge in [0.1, 0.15) is 11.3 Å². The molecule has 5 heteroatoms. The van der Waals surface area contributed by atoms with E-state index in [1.54, 1.807) is 24.0 Å². The number of rotatable bonds is 3. The minimum Gasteiger partial charge on any atom is -0.507 e. The molecule has 1 amide bonds. The molecule has 1 fully saturated rings. The fourth-order valence-corrected chi connectivity index (χ4v) is 3.02. The molecule has 0 aliphatic carbocycles. The number of para-hydroxylation sites is 1. The van der Waals surface area contributed by atoms with Crippen molar-refractivity contribution >= 4 is 11.9 Å². The van der Waals surface area contributed by atoms with E-state index in [9.17, 15) is 14.7 Å².